The number of fused-ring (bicyclic) bond motifs is 1. The summed E-state index contributed by atoms with van der Waals surface area (Å²) in [4.78, 5) is 11.9. The minimum absolute atomic E-state index is 0.113. The van der Waals surface area contributed by atoms with Crippen LogP contribution in [-0.4, -0.2) is 41.3 Å². The van der Waals surface area contributed by atoms with Gasteiger partial charge in [-0.05, 0) is 76.9 Å². The monoisotopic (exact) mass is 778 g/mol. The summed E-state index contributed by atoms with van der Waals surface area (Å²) in [6.45, 7) is 0.352. The number of alkyl halides is 1. The molecule has 7 nitrogen and oxygen atoms in total. The zero-order valence-corrected chi connectivity index (χ0v) is 31.0. The van der Waals surface area contributed by atoms with Crippen molar-refractivity contribution in [3.05, 3.63) is 165 Å². The van der Waals surface area contributed by atoms with E-state index in [2.05, 4.69) is 51.9 Å². The van der Waals surface area contributed by atoms with Crippen LogP contribution in [-0.2, 0) is 22.9 Å². The molecule has 0 fully saturated rings. The molecule has 0 amide bonds. The highest BCUT2D eigenvalue weighted by atomic mass is 35.5. The lowest BCUT2D eigenvalue weighted by Crippen LogP contribution is -2.33. The van der Waals surface area contributed by atoms with Crippen LogP contribution in [0.2, 0.25) is 10.0 Å². The average Bonchev–Trinajstić information content (AvgIpc) is 3.45. The number of aromatic nitrogens is 1. The summed E-state index contributed by atoms with van der Waals surface area (Å²) in [5, 5.41) is 10.8. The van der Waals surface area contributed by atoms with Gasteiger partial charge in [-0.3, -0.25) is 0 Å². The molecular formula is C39H33Cl3N2O5S2. The third-order valence-corrected chi connectivity index (χ3v) is 12.3. The summed E-state index contributed by atoms with van der Waals surface area (Å²) in [5.41, 5.74) is 4.44. The van der Waals surface area contributed by atoms with Crippen molar-refractivity contribution < 1.29 is 23.1 Å². The second kappa shape index (κ2) is 16.6. The molecule has 0 spiro atoms. The number of sulfonamides is 1. The van der Waals surface area contributed by atoms with Crippen LogP contribution in [0.15, 0.2) is 132 Å². The maximum Gasteiger partial charge on any atom is 0.335 e. The number of thioether (sulfide) groups is 1. The summed E-state index contributed by atoms with van der Waals surface area (Å²) < 4.78 is 36.8. The van der Waals surface area contributed by atoms with Gasteiger partial charge in [0.05, 0.1) is 23.2 Å². The standard InChI is InChI=1S/C39H33Cl3N2O5S2/c40-31-14-18-36(34(41)23-31)50-25-51(47,48)43-37(42)22-26-11-17-35-33(21-26)30(19-20-49-32-15-12-29(13-16-32)39(45)46)24-44(35)38(27-7-3-1-4-8-27)28-9-5-2-6-10-28/h1-18,21,23-24,37-38,43H,19-20,22,25H2,(H,45,46). The first-order valence-electron chi connectivity index (χ1n) is 16.0. The summed E-state index contributed by atoms with van der Waals surface area (Å²) in [6.07, 6.45) is 2.96. The molecule has 0 aliphatic carbocycles. The fraction of sp³-hybridized carbons (Fsp3) is 0.154. The van der Waals surface area contributed by atoms with Gasteiger partial charge in [-0.2, -0.15) is 4.72 Å². The molecule has 51 heavy (non-hydrogen) atoms. The fourth-order valence-corrected chi connectivity index (χ4v) is 9.27. The van der Waals surface area contributed by atoms with E-state index in [1.165, 1.54) is 12.1 Å². The van der Waals surface area contributed by atoms with Gasteiger partial charge in [0, 0.05) is 39.9 Å². The third-order valence-electron chi connectivity index (χ3n) is 8.22. The minimum atomic E-state index is -3.75. The maximum atomic E-state index is 13.0. The van der Waals surface area contributed by atoms with Crippen molar-refractivity contribution in [3.63, 3.8) is 0 Å². The molecule has 0 saturated carbocycles. The van der Waals surface area contributed by atoms with Gasteiger partial charge < -0.3 is 14.4 Å². The van der Waals surface area contributed by atoms with Gasteiger partial charge in [-0.15, -0.1) is 23.4 Å². The van der Waals surface area contributed by atoms with Crippen LogP contribution in [0.3, 0.4) is 0 Å². The second-order valence-electron chi connectivity index (χ2n) is 11.8. The largest absolute Gasteiger partial charge is 0.493 e. The van der Waals surface area contributed by atoms with Crippen molar-refractivity contribution in [2.45, 2.75) is 29.3 Å². The van der Waals surface area contributed by atoms with Crippen molar-refractivity contribution in [1.82, 2.24) is 9.29 Å². The quantitative estimate of drug-likeness (QED) is 0.0612. The van der Waals surface area contributed by atoms with Gasteiger partial charge in [0.15, 0.2) is 0 Å². The van der Waals surface area contributed by atoms with Crippen molar-refractivity contribution in [2.75, 3.05) is 11.7 Å². The molecule has 1 unspecified atom stereocenters. The Hall–Kier alpha value is -3.96. The van der Waals surface area contributed by atoms with E-state index in [-0.39, 0.29) is 23.1 Å². The Labute approximate surface area is 316 Å². The average molecular weight is 780 g/mol. The molecule has 0 bridgehead atoms. The zero-order valence-electron chi connectivity index (χ0n) is 27.1. The van der Waals surface area contributed by atoms with E-state index in [9.17, 15) is 18.3 Å². The first-order valence-corrected chi connectivity index (χ1v) is 19.8. The molecule has 12 heteroatoms. The van der Waals surface area contributed by atoms with E-state index >= 15 is 0 Å². The number of rotatable bonds is 15. The SMILES string of the molecule is O=C(O)c1ccc(OCCc2cn(C(c3ccccc3)c3ccccc3)c3ccc(CC(Cl)NS(=O)(=O)CSc4ccc(Cl)cc4Cl)cc23)cc1. The van der Waals surface area contributed by atoms with Gasteiger partial charge in [-0.25, -0.2) is 13.2 Å². The highest BCUT2D eigenvalue weighted by Gasteiger charge is 2.22. The molecule has 0 saturated heterocycles. The zero-order chi connectivity index (χ0) is 36.0. The van der Waals surface area contributed by atoms with E-state index in [1.807, 2.05) is 42.5 Å². The van der Waals surface area contributed by atoms with E-state index < -0.39 is 21.5 Å². The van der Waals surface area contributed by atoms with Gasteiger partial charge >= 0.3 is 5.97 Å². The topological polar surface area (TPSA) is 97.6 Å². The van der Waals surface area contributed by atoms with Crippen LogP contribution in [0.25, 0.3) is 10.9 Å². The normalized spacial score (nSPS) is 12.3. The lowest BCUT2D eigenvalue weighted by molar-refractivity contribution is 0.0697. The molecule has 1 heterocycles. The number of hydrogen-bond donors (Lipinski definition) is 2. The lowest BCUT2D eigenvalue weighted by Gasteiger charge is -2.22. The van der Waals surface area contributed by atoms with E-state index in [0.717, 1.165) is 44.9 Å². The van der Waals surface area contributed by atoms with E-state index in [4.69, 9.17) is 39.5 Å². The van der Waals surface area contributed by atoms with Crippen molar-refractivity contribution in [2.24, 2.45) is 0 Å². The molecule has 1 atom stereocenters. The van der Waals surface area contributed by atoms with E-state index in [0.29, 0.717) is 33.7 Å². The summed E-state index contributed by atoms with van der Waals surface area (Å²) in [6, 6.07) is 37.8. The molecule has 0 aliphatic heterocycles. The number of ether oxygens (including phenoxy) is 1. The predicted octanol–water partition coefficient (Wildman–Crippen LogP) is 9.68. The molecule has 6 rings (SSSR count). The van der Waals surface area contributed by atoms with Crippen molar-refractivity contribution in [1.29, 1.82) is 0 Å². The van der Waals surface area contributed by atoms with Gasteiger partial charge in [0.2, 0.25) is 10.0 Å². The summed E-state index contributed by atoms with van der Waals surface area (Å²) in [7, 11) is -3.75. The molecule has 6 aromatic rings. The Balaban J connectivity index is 1.27. The van der Waals surface area contributed by atoms with Crippen LogP contribution in [0.4, 0.5) is 0 Å². The first-order chi connectivity index (χ1) is 24.6. The Morgan fingerprint density at radius 2 is 1.53 bits per heavy atom. The molecule has 5 aromatic carbocycles. The Morgan fingerprint density at radius 3 is 2.16 bits per heavy atom. The second-order valence-corrected chi connectivity index (χ2v) is 16.3. The van der Waals surface area contributed by atoms with Gasteiger partial charge in [0.25, 0.3) is 0 Å². The predicted molar refractivity (Wildman–Crippen MR) is 207 cm³/mol. The van der Waals surface area contributed by atoms with Crippen LogP contribution >= 0.6 is 46.6 Å². The molecule has 0 radical (unpaired) electrons. The number of carboxylic acids is 1. The number of carboxylic acid groups (broad SMARTS) is 1. The fourth-order valence-electron chi connectivity index (χ4n) is 5.88. The van der Waals surface area contributed by atoms with Crippen LogP contribution in [0, 0.1) is 0 Å². The molecule has 262 valence electrons. The number of halogens is 3. The Bertz CT molecular complexity index is 2190. The number of carbonyl (C=O) groups is 1. The smallest absolute Gasteiger partial charge is 0.335 e. The lowest BCUT2D eigenvalue weighted by atomic mass is 9.98. The summed E-state index contributed by atoms with van der Waals surface area (Å²) in [5.74, 6) is -0.421. The highest BCUT2D eigenvalue weighted by molar-refractivity contribution is 8.11. The molecule has 0 aliphatic rings. The minimum Gasteiger partial charge on any atom is -0.493 e. The number of aromatic carboxylic acids is 1. The Morgan fingerprint density at radius 1 is 0.863 bits per heavy atom. The molecule has 1 aromatic heterocycles. The summed E-state index contributed by atoms with van der Waals surface area (Å²) >= 11 is 19.9. The van der Waals surface area contributed by atoms with Gasteiger partial charge in [-0.1, -0.05) is 89.9 Å². The van der Waals surface area contributed by atoms with Crippen LogP contribution < -0.4 is 9.46 Å². The van der Waals surface area contributed by atoms with Gasteiger partial charge in [0.1, 0.15) is 16.3 Å². The molecule has 2 N–H and O–H groups in total. The van der Waals surface area contributed by atoms with E-state index in [1.54, 1.807) is 30.3 Å². The number of nitrogens with one attached hydrogen (secondary N) is 1. The number of nitrogens with zero attached hydrogens (tertiary/aromatic N) is 1. The third kappa shape index (κ3) is 9.48. The van der Waals surface area contributed by atoms with Crippen molar-refractivity contribution >= 4 is 73.5 Å². The number of benzene rings is 5. The Kier molecular flexibility index (Phi) is 12.0. The number of hydrogen-bond acceptors (Lipinski definition) is 5. The van der Waals surface area contributed by atoms with Crippen molar-refractivity contribution in [3.8, 4) is 5.75 Å². The van der Waals surface area contributed by atoms with Crippen LogP contribution in [0.1, 0.15) is 38.7 Å². The first kappa shape index (κ1) is 36.8. The molecular weight excluding hydrogens is 747 g/mol. The van der Waals surface area contributed by atoms with Crippen LogP contribution in [0.5, 0.6) is 5.75 Å². The highest BCUT2D eigenvalue weighted by Crippen LogP contribution is 2.34. The maximum absolute atomic E-state index is 13.0.